The Morgan fingerprint density at radius 3 is 2.26 bits per heavy atom. The van der Waals surface area contributed by atoms with E-state index in [0.29, 0.717) is 49.1 Å². The second-order valence-electron chi connectivity index (χ2n) is 8.22. The van der Waals surface area contributed by atoms with Gasteiger partial charge in [-0.05, 0) is 48.5 Å². The smallest absolute Gasteiger partial charge is 0.272 e. The first-order valence-electron chi connectivity index (χ1n) is 11.3. The van der Waals surface area contributed by atoms with E-state index in [1.165, 1.54) is 0 Å². The molecule has 5 rings (SSSR count). The van der Waals surface area contributed by atoms with Crippen molar-refractivity contribution in [3.05, 3.63) is 66.6 Å². The zero-order valence-corrected chi connectivity index (χ0v) is 20.0. The van der Waals surface area contributed by atoms with Crippen LogP contribution in [0.2, 0.25) is 0 Å². The predicted molar refractivity (Wildman–Crippen MR) is 131 cm³/mol. The van der Waals surface area contributed by atoms with E-state index < -0.39 is 0 Å². The molecule has 10 heteroatoms. The number of amides is 1. The van der Waals surface area contributed by atoms with Crippen molar-refractivity contribution < 1.29 is 14.3 Å². The van der Waals surface area contributed by atoms with Gasteiger partial charge in [0.15, 0.2) is 11.6 Å². The Morgan fingerprint density at radius 2 is 1.60 bits per heavy atom. The maximum atomic E-state index is 13.3. The number of rotatable bonds is 6. The summed E-state index contributed by atoms with van der Waals surface area (Å²) in [6.45, 7) is 2.53. The highest BCUT2D eigenvalue weighted by Crippen LogP contribution is 2.33. The van der Waals surface area contributed by atoms with E-state index in [9.17, 15) is 4.79 Å². The summed E-state index contributed by atoms with van der Waals surface area (Å²) in [4.78, 5) is 17.3. The Morgan fingerprint density at radius 1 is 0.886 bits per heavy atom. The standard InChI is InChI=1S/C25H27N7O3/c1-29-21(17-20(28-29)19-16-18(34-2)6-7-22(19)35-3)25(33)32-14-12-31(13-15-32)24-9-8-23(26-27-24)30-10-4-5-11-30/h4-11,16-17H,12-15H2,1-3H3. The molecule has 0 unspecified atom stereocenters. The quantitative estimate of drug-likeness (QED) is 0.425. The van der Waals surface area contributed by atoms with E-state index in [-0.39, 0.29) is 5.91 Å². The fraction of sp³-hybridized carbons (Fsp3) is 0.280. The van der Waals surface area contributed by atoms with E-state index in [1.807, 2.05) is 64.3 Å². The van der Waals surface area contributed by atoms with Gasteiger partial charge in [-0.2, -0.15) is 5.10 Å². The molecule has 10 nitrogen and oxygen atoms in total. The van der Waals surface area contributed by atoms with Gasteiger partial charge in [-0.1, -0.05) is 0 Å². The van der Waals surface area contributed by atoms with Crippen LogP contribution in [0.25, 0.3) is 17.1 Å². The molecule has 1 aliphatic rings. The van der Waals surface area contributed by atoms with E-state index in [0.717, 1.165) is 17.2 Å². The molecule has 1 aromatic carbocycles. The van der Waals surface area contributed by atoms with Crippen LogP contribution in [0.15, 0.2) is 60.9 Å². The summed E-state index contributed by atoms with van der Waals surface area (Å²) in [6, 6.07) is 15.1. The number of hydrogen-bond donors (Lipinski definition) is 0. The molecular formula is C25H27N7O3. The topological polar surface area (TPSA) is 90.5 Å². The summed E-state index contributed by atoms with van der Waals surface area (Å²) in [6.07, 6.45) is 3.87. The SMILES string of the molecule is COc1ccc(OC)c(-c2cc(C(=O)N3CCN(c4ccc(-n5cccc5)nn4)CC3)n(C)n2)c1. The molecule has 0 spiro atoms. The van der Waals surface area contributed by atoms with Crippen molar-refractivity contribution in [3.8, 4) is 28.6 Å². The molecule has 1 saturated heterocycles. The van der Waals surface area contributed by atoms with Gasteiger partial charge in [0.2, 0.25) is 0 Å². The molecule has 3 aromatic heterocycles. The summed E-state index contributed by atoms with van der Waals surface area (Å²) in [5, 5.41) is 13.3. The number of methoxy groups -OCH3 is 2. The van der Waals surface area contributed by atoms with Crippen LogP contribution in [0, 0.1) is 0 Å². The van der Waals surface area contributed by atoms with Crippen LogP contribution in [0.1, 0.15) is 10.5 Å². The van der Waals surface area contributed by atoms with Crippen molar-refractivity contribution in [3.63, 3.8) is 0 Å². The summed E-state index contributed by atoms with van der Waals surface area (Å²) < 4.78 is 14.4. The van der Waals surface area contributed by atoms with Crippen LogP contribution >= 0.6 is 0 Å². The van der Waals surface area contributed by atoms with Crippen molar-refractivity contribution in [2.45, 2.75) is 0 Å². The Balaban J connectivity index is 1.27. The third-order valence-corrected chi connectivity index (χ3v) is 6.18. The molecule has 4 aromatic rings. The van der Waals surface area contributed by atoms with E-state index in [1.54, 1.807) is 32.0 Å². The highest BCUT2D eigenvalue weighted by atomic mass is 16.5. The van der Waals surface area contributed by atoms with E-state index in [2.05, 4.69) is 20.2 Å². The fourth-order valence-electron chi connectivity index (χ4n) is 4.23. The molecule has 0 radical (unpaired) electrons. The van der Waals surface area contributed by atoms with Crippen molar-refractivity contribution >= 4 is 11.7 Å². The zero-order chi connectivity index (χ0) is 24.4. The van der Waals surface area contributed by atoms with E-state index in [4.69, 9.17) is 9.47 Å². The first-order valence-corrected chi connectivity index (χ1v) is 11.3. The second-order valence-corrected chi connectivity index (χ2v) is 8.22. The van der Waals surface area contributed by atoms with Crippen LogP contribution < -0.4 is 14.4 Å². The number of aromatic nitrogens is 5. The second kappa shape index (κ2) is 9.49. The third-order valence-electron chi connectivity index (χ3n) is 6.18. The lowest BCUT2D eigenvalue weighted by Crippen LogP contribution is -2.49. The normalized spacial score (nSPS) is 13.7. The van der Waals surface area contributed by atoms with Gasteiger partial charge in [0, 0.05) is 51.2 Å². The molecular weight excluding hydrogens is 446 g/mol. The highest BCUT2D eigenvalue weighted by Gasteiger charge is 2.26. The van der Waals surface area contributed by atoms with Crippen LogP contribution in [-0.4, -0.2) is 75.8 Å². The van der Waals surface area contributed by atoms with Gasteiger partial charge in [0.1, 0.15) is 17.2 Å². The largest absolute Gasteiger partial charge is 0.497 e. The number of aryl methyl sites for hydroxylation is 1. The van der Waals surface area contributed by atoms with Gasteiger partial charge >= 0.3 is 0 Å². The fourth-order valence-corrected chi connectivity index (χ4v) is 4.23. The number of carbonyl (C=O) groups excluding carboxylic acids is 1. The lowest BCUT2D eigenvalue weighted by Gasteiger charge is -2.35. The Labute approximate surface area is 203 Å². The van der Waals surface area contributed by atoms with Gasteiger partial charge in [-0.25, -0.2) is 0 Å². The number of carbonyl (C=O) groups is 1. The highest BCUT2D eigenvalue weighted by molar-refractivity contribution is 5.94. The minimum absolute atomic E-state index is 0.0539. The molecule has 0 atom stereocenters. The molecule has 1 aliphatic heterocycles. The molecule has 0 saturated carbocycles. The van der Waals surface area contributed by atoms with Crippen molar-refractivity contribution in [1.82, 2.24) is 29.4 Å². The minimum Gasteiger partial charge on any atom is -0.497 e. The Hall–Kier alpha value is -4.34. The van der Waals surface area contributed by atoms with Crippen molar-refractivity contribution in [2.75, 3.05) is 45.3 Å². The first-order chi connectivity index (χ1) is 17.1. The van der Waals surface area contributed by atoms with Crippen molar-refractivity contribution in [1.29, 1.82) is 0 Å². The zero-order valence-electron chi connectivity index (χ0n) is 20.0. The van der Waals surface area contributed by atoms with Crippen LogP contribution in [0.5, 0.6) is 11.5 Å². The summed E-state index contributed by atoms with van der Waals surface area (Å²) in [5.74, 6) is 2.88. The number of benzene rings is 1. The van der Waals surface area contributed by atoms with Crippen LogP contribution in [0.3, 0.4) is 0 Å². The summed E-state index contributed by atoms with van der Waals surface area (Å²) >= 11 is 0. The Bertz CT molecular complexity index is 1310. The number of hydrogen-bond acceptors (Lipinski definition) is 7. The average molecular weight is 474 g/mol. The third kappa shape index (κ3) is 4.42. The molecule has 35 heavy (non-hydrogen) atoms. The van der Waals surface area contributed by atoms with Gasteiger partial charge in [0.25, 0.3) is 5.91 Å². The molecule has 1 fully saturated rings. The maximum Gasteiger partial charge on any atom is 0.272 e. The number of piperazine rings is 1. The molecule has 0 bridgehead atoms. The summed E-state index contributed by atoms with van der Waals surface area (Å²) in [5.41, 5.74) is 1.95. The molecule has 4 heterocycles. The first kappa shape index (κ1) is 22.5. The predicted octanol–water partition coefficient (Wildman–Crippen LogP) is 2.65. The number of ether oxygens (including phenoxy) is 2. The molecule has 0 aliphatic carbocycles. The molecule has 180 valence electrons. The van der Waals surface area contributed by atoms with Crippen LogP contribution in [0.4, 0.5) is 5.82 Å². The number of nitrogens with zero attached hydrogens (tertiary/aromatic N) is 7. The molecule has 0 N–H and O–H groups in total. The lowest BCUT2D eigenvalue weighted by molar-refractivity contribution is 0.0735. The van der Waals surface area contributed by atoms with E-state index >= 15 is 0 Å². The minimum atomic E-state index is -0.0539. The lowest BCUT2D eigenvalue weighted by atomic mass is 10.1. The maximum absolute atomic E-state index is 13.3. The van der Waals surface area contributed by atoms with Gasteiger partial charge < -0.3 is 23.8 Å². The van der Waals surface area contributed by atoms with Crippen LogP contribution in [-0.2, 0) is 7.05 Å². The number of anilines is 1. The summed E-state index contributed by atoms with van der Waals surface area (Å²) in [7, 11) is 5.00. The van der Waals surface area contributed by atoms with Crippen molar-refractivity contribution in [2.24, 2.45) is 7.05 Å². The molecule has 1 amide bonds. The van der Waals surface area contributed by atoms with Gasteiger partial charge in [0.05, 0.1) is 19.9 Å². The van der Waals surface area contributed by atoms with Gasteiger partial charge in [-0.3, -0.25) is 9.48 Å². The Kier molecular flexibility index (Phi) is 6.09. The van der Waals surface area contributed by atoms with Gasteiger partial charge in [-0.15, -0.1) is 10.2 Å². The monoisotopic (exact) mass is 473 g/mol. The average Bonchev–Trinajstić information content (AvgIpc) is 3.58.